The van der Waals surface area contributed by atoms with Crippen molar-refractivity contribution in [2.45, 2.75) is 20.4 Å². The first-order valence-electron chi connectivity index (χ1n) is 9.67. The molecule has 0 bridgehead atoms. The number of carbonyl (C=O) groups excluding carboxylic acids is 1. The Kier molecular flexibility index (Phi) is 5.70. The minimum atomic E-state index is -0.0465. The summed E-state index contributed by atoms with van der Waals surface area (Å²) in [5.74, 6) is -0.0465. The van der Waals surface area contributed by atoms with Gasteiger partial charge in [0.2, 0.25) is 0 Å². The fourth-order valence-electron chi connectivity index (χ4n) is 3.42. The molecular weight excluding hydrogens is 374 g/mol. The Morgan fingerprint density at radius 2 is 2.07 bits per heavy atom. The van der Waals surface area contributed by atoms with Gasteiger partial charge in [0.15, 0.2) is 5.13 Å². The molecule has 1 aliphatic heterocycles. The van der Waals surface area contributed by atoms with Crippen LogP contribution in [0.5, 0.6) is 0 Å². The van der Waals surface area contributed by atoms with Crippen LogP contribution in [0.4, 0.5) is 5.13 Å². The van der Waals surface area contributed by atoms with Gasteiger partial charge in [0.25, 0.3) is 5.91 Å². The Balaban J connectivity index is 1.64. The van der Waals surface area contributed by atoms with E-state index in [9.17, 15) is 4.79 Å². The van der Waals surface area contributed by atoms with Crippen molar-refractivity contribution < 1.29 is 9.53 Å². The molecule has 1 aromatic carbocycles. The van der Waals surface area contributed by atoms with Crippen LogP contribution in [-0.2, 0) is 11.3 Å². The fourth-order valence-corrected chi connectivity index (χ4v) is 4.41. The minimum Gasteiger partial charge on any atom is -0.379 e. The third-order valence-corrected chi connectivity index (χ3v) is 5.98. The molecule has 0 radical (unpaired) electrons. The van der Waals surface area contributed by atoms with Crippen LogP contribution in [0.3, 0.4) is 0 Å². The topological polar surface area (TPSA) is 63.5 Å². The molecule has 0 atom stereocenters. The van der Waals surface area contributed by atoms with Gasteiger partial charge < -0.3 is 4.74 Å². The fraction of sp³-hybridized carbons (Fsp3) is 0.450. The zero-order valence-electron chi connectivity index (χ0n) is 16.3. The summed E-state index contributed by atoms with van der Waals surface area (Å²) in [4.78, 5) is 22.4. The van der Waals surface area contributed by atoms with Gasteiger partial charge in [-0.05, 0) is 32.0 Å². The monoisotopic (exact) mass is 399 g/mol. The third kappa shape index (κ3) is 3.94. The zero-order chi connectivity index (χ0) is 19.5. The Morgan fingerprint density at radius 1 is 1.29 bits per heavy atom. The van der Waals surface area contributed by atoms with Crippen LogP contribution in [0.15, 0.2) is 30.3 Å². The van der Waals surface area contributed by atoms with Crippen molar-refractivity contribution in [3.05, 3.63) is 41.7 Å². The van der Waals surface area contributed by atoms with Crippen LogP contribution in [0.1, 0.15) is 23.1 Å². The van der Waals surface area contributed by atoms with E-state index in [1.54, 1.807) is 16.0 Å². The number of rotatable bonds is 6. The van der Waals surface area contributed by atoms with Crippen molar-refractivity contribution in [2.75, 3.05) is 44.3 Å². The van der Waals surface area contributed by atoms with Gasteiger partial charge in [0.1, 0.15) is 5.69 Å². The number of hydrogen-bond acceptors (Lipinski definition) is 6. The molecule has 2 aromatic heterocycles. The van der Waals surface area contributed by atoms with E-state index >= 15 is 0 Å². The molecule has 28 heavy (non-hydrogen) atoms. The number of carbonyl (C=O) groups is 1. The second-order valence-corrected chi connectivity index (χ2v) is 7.87. The highest BCUT2D eigenvalue weighted by molar-refractivity contribution is 7.22. The number of benzene rings is 1. The van der Waals surface area contributed by atoms with Gasteiger partial charge in [-0.15, -0.1) is 0 Å². The molecule has 1 aliphatic rings. The van der Waals surface area contributed by atoms with Crippen LogP contribution in [0, 0.1) is 6.92 Å². The number of ether oxygens (including phenoxy) is 1. The number of aromatic nitrogens is 3. The number of amides is 1. The zero-order valence-corrected chi connectivity index (χ0v) is 17.1. The summed E-state index contributed by atoms with van der Waals surface area (Å²) >= 11 is 1.56. The number of anilines is 1. The summed E-state index contributed by atoms with van der Waals surface area (Å²) in [7, 11) is 0. The summed E-state index contributed by atoms with van der Waals surface area (Å²) in [6.45, 7) is 9.25. The first-order valence-corrected chi connectivity index (χ1v) is 10.5. The quantitative estimate of drug-likeness (QED) is 0.638. The van der Waals surface area contributed by atoms with Crippen LogP contribution in [0.2, 0.25) is 0 Å². The molecule has 0 spiro atoms. The van der Waals surface area contributed by atoms with Crippen molar-refractivity contribution in [2.24, 2.45) is 0 Å². The normalized spacial score (nSPS) is 15.2. The standard InChI is InChI=1S/C20H25N5O2S/c1-3-25-17(14-15(2)22-25)19(26)24(9-8-23-10-12-27-13-11-23)20-21-16-6-4-5-7-18(16)28-20/h4-7,14H,3,8-13H2,1-2H3. The van der Waals surface area contributed by atoms with E-state index < -0.39 is 0 Å². The molecular formula is C20H25N5O2S. The Morgan fingerprint density at radius 3 is 2.82 bits per heavy atom. The Hall–Kier alpha value is -2.29. The van der Waals surface area contributed by atoms with E-state index in [2.05, 4.69) is 10.00 Å². The van der Waals surface area contributed by atoms with E-state index in [1.807, 2.05) is 49.1 Å². The predicted molar refractivity (Wildman–Crippen MR) is 111 cm³/mol. The molecule has 7 nitrogen and oxygen atoms in total. The maximum Gasteiger partial charge on any atom is 0.278 e. The molecule has 3 heterocycles. The number of hydrogen-bond donors (Lipinski definition) is 0. The molecule has 0 saturated carbocycles. The van der Waals surface area contributed by atoms with E-state index in [0.29, 0.717) is 18.8 Å². The van der Waals surface area contributed by atoms with Crippen LogP contribution in [0.25, 0.3) is 10.2 Å². The number of nitrogens with zero attached hydrogens (tertiary/aromatic N) is 5. The predicted octanol–water partition coefficient (Wildman–Crippen LogP) is 2.80. The average Bonchev–Trinajstić information content (AvgIpc) is 3.31. The molecule has 3 aromatic rings. The smallest absolute Gasteiger partial charge is 0.278 e. The average molecular weight is 400 g/mol. The molecule has 0 unspecified atom stereocenters. The van der Waals surface area contributed by atoms with Crippen LogP contribution >= 0.6 is 11.3 Å². The van der Waals surface area contributed by atoms with Crippen LogP contribution < -0.4 is 4.90 Å². The molecule has 1 amide bonds. The molecule has 1 saturated heterocycles. The maximum absolute atomic E-state index is 13.5. The van der Waals surface area contributed by atoms with Gasteiger partial charge >= 0.3 is 0 Å². The lowest BCUT2D eigenvalue weighted by molar-refractivity contribution is 0.0391. The number of morpholine rings is 1. The lowest BCUT2D eigenvalue weighted by Crippen LogP contribution is -2.43. The second kappa shape index (κ2) is 8.38. The van der Waals surface area contributed by atoms with Crippen molar-refractivity contribution in [1.82, 2.24) is 19.7 Å². The lowest BCUT2D eigenvalue weighted by atomic mass is 10.3. The van der Waals surface area contributed by atoms with Crippen molar-refractivity contribution in [1.29, 1.82) is 0 Å². The minimum absolute atomic E-state index is 0.0465. The molecule has 4 rings (SSSR count). The maximum atomic E-state index is 13.5. The Bertz CT molecular complexity index is 928. The van der Waals surface area contributed by atoms with Crippen molar-refractivity contribution >= 4 is 32.6 Å². The van der Waals surface area contributed by atoms with E-state index in [4.69, 9.17) is 9.72 Å². The number of para-hydroxylation sites is 1. The van der Waals surface area contributed by atoms with E-state index in [0.717, 1.165) is 53.9 Å². The largest absolute Gasteiger partial charge is 0.379 e. The molecule has 1 fully saturated rings. The summed E-state index contributed by atoms with van der Waals surface area (Å²) in [5, 5.41) is 5.18. The first-order chi connectivity index (χ1) is 13.7. The highest BCUT2D eigenvalue weighted by Gasteiger charge is 2.25. The number of thiazole rings is 1. The van der Waals surface area contributed by atoms with Gasteiger partial charge in [0.05, 0.1) is 29.1 Å². The van der Waals surface area contributed by atoms with Gasteiger partial charge in [-0.1, -0.05) is 23.5 Å². The highest BCUT2D eigenvalue weighted by Crippen LogP contribution is 2.29. The first kappa shape index (κ1) is 19.0. The SMILES string of the molecule is CCn1nc(C)cc1C(=O)N(CCN1CCOCC1)c1nc2ccccc2s1. The van der Waals surface area contributed by atoms with E-state index in [1.165, 1.54) is 0 Å². The van der Waals surface area contributed by atoms with Crippen LogP contribution in [-0.4, -0.2) is 65.0 Å². The summed E-state index contributed by atoms with van der Waals surface area (Å²) < 4.78 is 8.29. The van der Waals surface area contributed by atoms with Gasteiger partial charge in [-0.2, -0.15) is 5.10 Å². The summed E-state index contributed by atoms with van der Waals surface area (Å²) in [6.07, 6.45) is 0. The van der Waals surface area contributed by atoms with Gasteiger partial charge in [-0.25, -0.2) is 4.98 Å². The molecule has 148 valence electrons. The number of aryl methyl sites for hydroxylation is 2. The molecule has 0 N–H and O–H groups in total. The molecule has 8 heteroatoms. The summed E-state index contributed by atoms with van der Waals surface area (Å²) in [5.41, 5.74) is 2.38. The lowest BCUT2D eigenvalue weighted by Gasteiger charge is -2.29. The third-order valence-electron chi connectivity index (χ3n) is 4.92. The highest BCUT2D eigenvalue weighted by atomic mass is 32.1. The van der Waals surface area contributed by atoms with E-state index in [-0.39, 0.29) is 5.91 Å². The van der Waals surface area contributed by atoms with Crippen molar-refractivity contribution in [3.8, 4) is 0 Å². The number of fused-ring (bicyclic) bond motifs is 1. The van der Waals surface area contributed by atoms with Crippen molar-refractivity contribution in [3.63, 3.8) is 0 Å². The Labute approximate surface area is 168 Å². The second-order valence-electron chi connectivity index (χ2n) is 6.86. The van der Waals surface area contributed by atoms with Gasteiger partial charge in [0, 0.05) is 32.7 Å². The molecule has 0 aliphatic carbocycles. The van der Waals surface area contributed by atoms with Gasteiger partial charge in [-0.3, -0.25) is 19.3 Å². The summed E-state index contributed by atoms with van der Waals surface area (Å²) in [6, 6.07) is 9.86.